The molecule has 0 saturated heterocycles. The van der Waals surface area contributed by atoms with Crippen molar-refractivity contribution in [3.63, 3.8) is 0 Å². The third kappa shape index (κ3) is 5.18. The first kappa shape index (κ1) is 20.5. The van der Waals surface area contributed by atoms with Crippen LogP contribution in [-0.4, -0.2) is 36.3 Å². The number of rotatable bonds is 4. The summed E-state index contributed by atoms with van der Waals surface area (Å²) in [7, 11) is -2.41. The van der Waals surface area contributed by atoms with Gasteiger partial charge in [-0.15, -0.1) is 0 Å². The van der Waals surface area contributed by atoms with E-state index in [1.807, 2.05) is 39.0 Å². The van der Waals surface area contributed by atoms with E-state index in [2.05, 4.69) is 42.4 Å². The normalized spacial score (nSPS) is 12.6. The molecule has 0 saturated carbocycles. The molecule has 29 heavy (non-hydrogen) atoms. The lowest BCUT2D eigenvalue weighted by Crippen LogP contribution is -2.11. The van der Waals surface area contributed by atoms with Crippen LogP contribution in [0.25, 0.3) is 11.3 Å². The van der Waals surface area contributed by atoms with Crippen LogP contribution < -0.4 is 4.72 Å². The van der Waals surface area contributed by atoms with Crippen molar-refractivity contribution in [2.75, 3.05) is 11.0 Å². The molecule has 1 atom stereocenters. The topological polar surface area (TPSA) is 80.7 Å². The average molecular weight is 406 g/mol. The predicted molar refractivity (Wildman–Crippen MR) is 119 cm³/mol. The Morgan fingerprint density at radius 3 is 2.55 bits per heavy atom. The van der Waals surface area contributed by atoms with Crippen molar-refractivity contribution >= 4 is 21.3 Å². The molecule has 1 unspecified atom stereocenters. The van der Waals surface area contributed by atoms with Gasteiger partial charge in [0.15, 0.2) is 0 Å². The third-order valence-electron chi connectivity index (χ3n) is 4.19. The molecular weight excluding hydrogens is 382 g/mol. The van der Waals surface area contributed by atoms with Crippen LogP contribution >= 0.6 is 0 Å². The molecule has 3 aromatic rings. The van der Waals surface area contributed by atoms with E-state index >= 15 is 0 Å². The summed E-state index contributed by atoms with van der Waals surface area (Å²) in [5, 5.41) is 0. The Morgan fingerprint density at radius 1 is 1.10 bits per heavy atom. The van der Waals surface area contributed by atoms with Crippen LogP contribution in [0.3, 0.4) is 0 Å². The first-order chi connectivity index (χ1) is 13.8. The van der Waals surface area contributed by atoms with Gasteiger partial charge in [0.25, 0.3) is 0 Å². The van der Waals surface area contributed by atoms with Crippen LogP contribution in [0.1, 0.15) is 35.1 Å². The molecule has 148 valence electrons. The summed E-state index contributed by atoms with van der Waals surface area (Å²) in [5.41, 5.74) is 6.31. The number of hydrogen-bond acceptors (Lipinski definition) is 5. The van der Waals surface area contributed by atoms with E-state index < -0.39 is 9.71 Å². The van der Waals surface area contributed by atoms with Gasteiger partial charge < -0.3 is 4.72 Å². The van der Waals surface area contributed by atoms with Crippen LogP contribution in [-0.2, 0) is 16.1 Å². The van der Waals surface area contributed by atoms with Crippen LogP contribution in [0, 0.1) is 25.7 Å². The van der Waals surface area contributed by atoms with Crippen LogP contribution in [0.2, 0.25) is 0 Å². The second-order valence-corrected chi connectivity index (χ2v) is 9.01. The van der Waals surface area contributed by atoms with Gasteiger partial charge in [-0.2, -0.15) is 0 Å². The maximum Gasteiger partial charge on any atom is 0.116 e. The Labute approximate surface area is 172 Å². The van der Waals surface area contributed by atoms with E-state index in [1.54, 1.807) is 25.0 Å². The zero-order valence-corrected chi connectivity index (χ0v) is 17.8. The first-order valence-electron chi connectivity index (χ1n) is 9.12. The van der Waals surface area contributed by atoms with Crippen LogP contribution in [0.5, 0.6) is 0 Å². The smallest absolute Gasteiger partial charge is 0.116 e. The van der Waals surface area contributed by atoms with Crippen molar-refractivity contribution in [2.45, 2.75) is 27.2 Å². The van der Waals surface area contributed by atoms with Gasteiger partial charge >= 0.3 is 0 Å². The first-order valence-corrected chi connectivity index (χ1v) is 11.3. The minimum absolute atomic E-state index is 0.655. The molecule has 0 aliphatic carbocycles. The number of nitrogens with zero attached hydrogens (tertiary/aromatic N) is 4. The quantitative estimate of drug-likeness (QED) is 0.533. The van der Waals surface area contributed by atoms with Crippen molar-refractivity contribution < 1.29 is 4.21 Å². The van der Waals surface area contributed by atoms with E-state index in [-0.39, 0.29) is 0 Å². The lowest BCUT2D eigenvalue weighted by Gasteiger charge is -2.10. The Kier molecular flexibility index (Phi) is 5.95. The highest BCUT2D eigenvalue weighted by atomic mass is 32.2. The molecule has 0 aliphatic heterocycles. The summed E-state index contributed by atoms with van der Waals surface area (Å²) in [4.78, 5) is 17.6. The molecule has 0 bridgehead atoms. The molecule has 0 fully saturated rings. The van der Waals surface area contributed by atoms with Crippen molar-refractivity contribution in [1.82, 2.24) is 19.9 Å². The minimum atomic E-state index is -2.41. The van der Waals surface area contributed by atoms with E-state index in [4.69, 9.17) is 0 Å². The predicted octanol–water partition coefficient (Wildman–Crippen LogP) is 3.19. The summed E-state index contributed by atoms with van der Waals surface area (Å²) in [6.45, 7) is 5.82. The maximum absolute atomic E-state index is 12.0. The second kappa shape index (κ2) is 8.41. The minimum Gasteiger partial charge on any atom is -0.311 e. The molecule has 6 nitrogen and oxygen atoms in total. The number of pyridine rings is 2. The number of aromatic nitrogens is 4. The number of nitrogens with one attached hydrogen (secondary N) is 1. The SMILES string of the molecule is C=S(C)(=O)Nc1cc(C#Cc2c(CC)ncnc2-c2ccc(C)nc2)cnc1C. The van der Waals surface area contributed by atoms with Gasteiger partial charge in [0.05, 0.1) is 28.3 Å². The van der Waals surface area contributed by atoms with E-state index in [0.717, 1.165) is 40.3 Å². The maximum atomic E-state index is 12.0. The number of anilines is 1. The van der Waals surface area contributed by atoms with Gasteiger partial charge in [0, 0.05) is 45.2 Å². The Bertz CT molecular complexity index is 1210. The molecule has 0 amide bonds. The molecule has 0 aromatic carbocycles. The highest BCUT2D eigenvalue weighted by Crippen LogP contribution is 2.22. The lowest BCUT2D eigenvalue weighted by molar-refractivity contribution is 0.688. The Hall–Kier alpha value is -3.24. The van der Waals surface area contributed by atoms with Gasteiger partial charge in [-0.1, -0.05) is 18.8 Å². The number of hydrogen-bond donors (Lipinski definition) is 1. The zero-order chi connectivity index (χ0) is 21.0. The average Bonchev–Trinajstić information content (AvgIpc) is 2.68. The second-order valence-electron chi connectivity index (χ2n) is 6.80. The van der Waals surface area contributed by atoms with Gasteiger partial charge in [-0.3, -0.25) is 9.97 Å². The standard InChI is InChI=1S/C22H23N5OS/c1-6-20-19(22(26-14-25-20)18-9-7-15(2)23-13-18)10-8-17-11-21(16(3)24-12-17)27-29(4,5)28/h7,9,11-14H,4,6H2,1-3,5H3,(H,27,28). The molecular formula is C22H23N5OS. The molecule has 3 rings (SSSR count). The van der Waals surface area contributed by atoms with E-state index in [9.17, 15) is 4.21 Å². The van der Waals surface area contributed by atoms with Crippen molar-refractivity contribution in [1.29, 1.82) is 0 Å². The van der Waals surface area contributed by atoms with Crippen molar-refractivity contribution in [2.24, 2.45) is 0 Å². The fraction of sp³-hybridized carbons (Fsp3) is 0.227. The molecule has 3 aromatic heterocycles. The molecule has 0 aliphatic rings. The summed E-state index contributed by atoms with van der Waals surface area (Å²) < 4.78 is 14.9. The largest absolute Gasteiger partial charge is 0.311 e. The fourth-order valence-corrected chi connectivity index (χ4v) is 3.39. The van der Waals surface area contributed by atoms with Crippen LogP contribution in [0.15, 0.2) is 36.9 Å². The molecule has 3 heterocycles. The number of aryl methyl sites for hydroxylation is 3. The van der Waals surface area contributed by atoms with E-state index in [1.165, 1.54) is 0 Å². The van der Waals surface area contributed by atoms with Gasteiger partial charge in [-0.25, -0.2) is 14.2 Å². The molecule has 1 N–H and O–H groups in total. The fourth-order valence-electron chi connectivity index (χ4n) is 2.72. The van der Waals surface area contributed by atoms with Gasteiger partial charge in [0.1, 0.15) is 6.33 Å². The molecule has 0 spiro atoms. The van der Waals surface area contributed by atoms with Gasteiger partial charge in [-0.05, 0) is 44.3 Å². The van der Waals surface area contributed by atoms with Crippen LogP contribution in [0.4, 0.5) is 5.69 Å². The summed E-state index contributed by atoms with van der Waals surface area (Å²) >= 11 is 0. The Morgan fingerprint density at radius 2 is 1.90 bits per heavy atom. The summed E-state index contributed by atoms with van der Waals surface area (Å²) in [5.74, 6) is 9.99. The summed E-state index contributed by atoms with van der Waals surface area (Å²) in [6, 6.07) is 5.76. The molecule has 0 radical (unpaired) electrons. The highest BCUT2D eigenvalue weighted by molar-refractivity contribution is 8.00. The van der Waals surface area contributed by atoms with Crippen molar-refractivity contribution in [3.05, 3.63) is 65.1 Å². The lowest BCUT2D eigenvalue weighted by atomic mass is 10.0. The monoisotopic (exact) mass is 405 g/mol. The van der Waals surface area contributed by atoms with Crippen molar-refractivity contribution in [3.8, 4) is 23.1 Å². The van der Waals surface area contributed by atoms with Gasteiger partial charge in [0.2, 0.25) is 0 Å². The highest BCUT2D eigenvalue weighted by Gasteiger charge is 2.11. The molecule has 7 heteroatoms. The zero-order valence-electron chi connectivity index (χ0n) is 17.0. The Balaban J connectivity index is 2.07. The summed E-state index contributed by atoms with van der Waals surface area (Å²) in [6.07, 6.45) is 7.32. The third-order valence-corrected chi connectivity index (χ3v) is 4.84. The van der Waals surface area contributed by atoms with E-state index in [0.29, 0.717) is 11.3 Å².